The van der Waals surface area contributed by atoms with Gasteiger partial charge < -0.3 is 0 Å². The van der Waals surface area contributed by atoms with Gasteiger partial charge in [0.05, 0.1) is 22.7 Å². The van der Waals surface area contributed by atoms with Crippen molar-refractivity contribution >= 4 is 46.2 Å². The normalized spacial score (nSPS) is 16.4. The van der Waals surface area contributed by atoms with Crippen molar-refractivity contribution < 1.29 is 9.59 Å². The van der Waals surface area contributed by atoms with Crippen LogP contribution in [-0.2, 0) is 9.59 Å². The molecule has 1 heterocycles. The summed E-state index contributed by atoms with van der Waals surface area (Å²) in [5.74, 6) is -0.905. The zero-order valence-corrected chi connectivity index (χ0v) is 18.2. The van der Waals surface area contributed by atoms with E-state index in [-0.39, 0.29) is 11.7 Å². The lowest BCUT2D eigenvalue weighted by molar-refractivity contribution is -0.135. The van der Waals surface area contributed by atoms with E-state index in [9.17, 15) is 9.59 Å². The number of rotatable bonds is 4. The van der Waals surface area contributed by atoms with E-state index in [1.165, 1.54) is 9.80 Å². The van der Waals surface area contributed by atoms with Crippen molar-refractivity contribution in [1.29, 1.82) is 0 Å². The molecule has 1 aliphatic heterocycles. The molecule has 0 aromatic heterocycles. The van der Waals surface area contributed by atoms with Crippen molar-refractivity contribution in [3.63, 3.8) is 0 Å². The molecule has 0 radical (unpaired) electrons. The van der Waals surface area contributed by atoms with E-state index >= 15 is 0 Å². The van der Waals surface area contributed by atoms with E-state index < -0.39 is 11.8 Å². The van der Waals surface area contributed by atoms with Crippen molar-refractivity contribution in [3.8, 4) is 0 Å². The zero-order valence-electron chi connectivity index (χ0n) is 18.2. The van der Waals surface area contributed by atoms with Crippen LogP contribution in [0.25, 0.3) is 0 Å². The fourth-order valence-electron chi connectivity index (χ4n) is 3.67. The average molecular weight is 444 g/mol. The average Bonchev–Trinajstić information content (AvgIpc) is 2.89. The molecule has 4 aromatic rings. The lowest BCUT2D eigenvalue weighted by Crippen LogP contribution is -2.61. The van der Waals surface area contributed by atoms with E-state index in [1.807, 2.05) is 97.1 Å². The molecule has 1 aliphatic rings. The minimum atomic E-state index is -0.711. The number of anilines is 2. The van der Waals surface area contributed by atoms with Crippen LogP contribution in [0.4, 0.5) is 22.7 Å². The molecule has 4 aromatic carbocycles. The smallest absolute Gasteiger partial charge is 0.263 e. The fourth-order valence-corrected chi connectivity index (χ4v) is 3.67. The Morgan fingerprint density at radius 3 is 1.03 bits per heavy atom. The highest BCUT2D eigenvalue weighted by molar-refractivity contribution is 6.70. The number of piperazine rings is 1. The molecule has 5 rings (SSSR count). The van der Waals surface area contributed by atoms with E-state index in [0.717, 1.165) is 0 Å². The number of hydrogen-bond acceptors (Lipinski definition) is 4. The number of para-hydroxylation sites is 4. The molecular weight excluding hydrogens is 424 g/mol. The largest absolute Gasteiger partial charge is 0.323 e. The molecule has 164 valence electrons. The highest BCUT2D eigenvalue weighted by Crippen LogP contribution is 2.28. The van der Waals surface area contributed by atoms with Crippen LogP contribution in [0.1, 0.15) is 0 Å². The molecule has 2 amide bonds. The summed E-state index contributed by atoms with van der Waals surface area (Å²) in [7, 11) is 0. The standard InChI is InChI=1S/C28H20N4O2/c33-27-28(34)32(24-19-11-4-12-20-24)26(30-22-15-7-2-8-16-22)25(29-21-13-5-1-6-14-21)31(27)23-17-9-3-10-18-23/h1-20H. The van der Waals surface area contributed by atoms with Crippen molar-refractivity contribution in [2.75, 3.05) is 9.80 Å². The van der Waals surface area contributed by atoms with Crippen LogP contribution in [0.3, 0.4) is 0 Å². The highest BCUT2D eigenvalue weighted by atomic mass is 16.2. The van der Waals surface area contributed by atoms with Crippen LogP contribution in [-0.4, -0.2) is 23.5 Å². The van der Waals surface area contributed by atoms with Gasteiger partial charge in [-0.2, -0.15) is 0 Å². The summed E-state index contributed by atoms with van der Waals surface area (Å²) < 4.78 is 0. The summed E-state index contributed by atoms with van der Waals surface area (Å²) in [6.07, 6.45) is 0. The third-order valence-electron chi connectivity index (χ3n) is 5.22. The molecular formula is C28H20N4O2. The molecule has 1 saturated heterocycles. The summed E-state index contributed by atoms with van der Waals surface area (Å²) in [6.45, 7) is 0. The first kappa shape index (κ1) is 21.0. The van der Waals surface area contributed by atoms with Gasteiger partial charge in [-0.3, -0.25) is 19.4 Å². The third-order valence-corrected chi connectivity index (χ3v) is 5.22. The molecule has 0 N–H and O–H groups in total. The predicted octanol–water partition coefficient (Wildman–Crippen LogP) is 5.53. The minimum absolute atomic E-state index is 0.259. The molecule has 34 heavy (non-hydrogen) atoms. The third kappa shape index (κ3) is 4.12. The predicted molar refractivity (Wildman–Crippen MR) is 135 cm³/mol. The van der Waals surface area contributed by atoms with Gasteiger partial charge in [-0.15, -0.1) is 0 Å². The number of amidine groups is 2. The Balaban J connectivity index is 1.79. The monoisotopic (exact) mass is 444 g/mol. The zero-order chi connectivity index (χ0) is 23.3. The molecule has 0 saturated carbocycles. The van der Waals surface area contributed by atoms with Crippen LogP contribution in [0.15, 0.2) is 131 Å². The topological polar surface area (TPSA) is 65.3 Å². The molecule has 0 unspecified atom stereocenters. The SMILES string of the molecule is O=C1C(=O)N(c2ccccc2)C(=Nc2ccccc2)C(=Nc2ccccc2)N1c1ccccc1. The van der Waals surface area contributed by atoms with Crippen LogP contribution in [0, 0.1) is 0 Å². The molecule has 0 spiro atoms. The lowest BCUT2D eigenvalue weighted by atomic mass is 10.1. The van der Waals surface area contributed by atoms with Gasteiger partial charge in [0, 0.05) is 0 Å². The summed E-state index contributed by atoms with van der Waals surface area (Å²) in [5, 5.41) is 0. The maximum absolute atomic E-state index is 13.5. The number of aliphatic imine (C=N–C) groups is 2. The van der Waals surface area contributed by atoms with Crippen LogP contribution < -0.4 is 9.80 Å². The summed E-state index contributed by atoms with van der Waals surface area (Å²) >= 11 is 0. The van der Waals surface area contributed by atoms with Gasteiger partial charge in [0.25, 0.3) is 0 Å². The van der Waals surface area contributed by atoms with E-state index in [2.05, 4.69) is 0 Å². The van der Waals surface area contributed by atoms with Crippen LogP contribution in [0.2, 0.25) is 0 Å². The molecule has 0 bridgehead atoms. The Morgan fingerprint density at radius 2 is 0.706 bits per heavy atom. The molecule has 1 fully saturated rings. The minimum Gasteiger partial charge on any atom is -0.263 e. The second kappa shape index (κ2) is 9.34. The highest BCUT2D eigenvalue weighted by Gasteiger charge is 2.43. The first-order valence-corrected chi connectivity index (χ1v) is 10.8. The lowest BCUT2D eigenvalue weighted by Gasteiger charge is -2.35. The van der Waals surface area contributed by atoms with E-state index in [0.29, 0.717) is 22.7 Å². The van der Waals surface area contributed by atoms with Gasteiger partial charge in [0.15, 0.2) is 11.7 Å². The Labute approximate surface area is 197 Å². The Morgan fingerprint density at radius 1 is 0.412 bits per heavy atom. The molecule has 0 atom stereocenters. The maximum atomic E-state index is 13.5. The second-order valence-electron chi connectivity index (χ2n) is 7.49. The van der Waals surface area contributed by atoms with Gasteiger partial charge in [-0.1, -0.05) is 72.8 Å². The van der Waals surface area contributed by atoms with E-state index in [1.54, 1.807) is 24.3 Å². The van der Waals surface area contributed by atoms with Crippen molar-refractivity contribution in [1.82, 2.24) is 0 Å². The van der Waals surface area contributed by atoms with Gasteiger partial charge in [0.2, 0.25) is 0 Å². The Hall–Kier alpha value is -4.84. The number of nitrogens with zero attached hydrogens (tertiary/aromatic N) is 4. The fraction of sp³-hybridized carbons (Fsp3) is 0. The molecule has 0 aliphatic carbocycles. The van der Waals surface area contributed by atoms with Gasteiger partial charge >= 0.3 is 11.8 Å². The molecule has 6 heteroatoms. The van der Waals surface area contributed by atoms with Crippen molar-refractivity contribution in [3.05, 3.63) is 121 Å². The first-order chi connectivity index (χ1) is 16.7. The van der Waals surface area contributed by atoms with Gasteiger partial charge in [0.1, 0.15) is 0 Å². The maximum Gasteiger partial charge on any atom is 0.323 e. The second-order valence-corrected chi connectivity index (χ2v) is 7.49. The number of carbonyl (C=O) groups excluding carboxylic acids is 2. The number of benzene rings is 4. The van der Waals surface area contributed by atoms with Crippen molar-refractivity contribution in [2.24, 2.45) is 9.98 Å². The quantitative estimate of drug-likeness (QED) is 0.389. The van der Waals surface area contributed by atoms with Crippen LogP contribution in [0.5, 0.6) is 0 Å². The summed E-state index contributed by atoms with van der Waals surface area (Å²) in [5.41, 5.74) is 2.33. The summed E-state index contributed by atoms with van der Waals surface area (Å²) in [4.78, 5) is 39.3. The van der Waals surface area contributed by atoms with Crippen molar-refractivity contribution in [2.45, 2.75) is 0 Å². The Kier molecular flexibility index (Phi) is 5.78. The molecule has 6 nitrogen and oxygen atoms in total. The summed E-state index contributed by atoms with van der Waals surface area (Å²) in [6, 6.07) is 36.6. The van der Waals surface area contributed by atoms with Gasteiger partial charge in [-0.25, -0.2) is 9.98 Å². The Bertz CT molecular complexity index is 1260. The van der Waals surface area contributed by atoms with Crippen LogP contribution >= 0.6 is 0 Å². The number of carbonyl (C=O) groups is 2. The number of hydrogen-bond donors (Lipinski definition) is 0. The first-order valence-electron chi connectivity index (χ1n) is 10.8. The number of amides is 2. The van der Waals surface area contributed by atoms with E-state index in [4.69, 9.17) is 9.98 Å². The van der Waals surface area contributed by atoms with Gasteiger partial charge in [-0.05, 0) is 48.5 Å².